The minimum Gasteiger partial charge on any atom is -0.462 e. The first-order valence-corrected chi connectivity index (χ1v) is 31.9. The Morgan fingerprint density at radius 1 is 0.259 bits per heavy atom. The lowest BCUT2D eigenvalue weighted by atomic mass is 10.1. The molecule has 0 aliphatic heterocycles. The van der Waals surface area contributed by atoms with Crippen molar-refractivity contribution in [3.05, 3.63) is 194 Å². The van der Waals surface area contributed by atoms with E-state index in [1.54, 1.807) is 0 Å². The molecule has 0 aromatic carbocycles. The summed E-state index contributed by atoms with van der Waals surface area (Å²) in [6.45, 7) is 6.27. The van der Waals surface area contributed by atoms with Crippen molar-refractivity contribution in [1.29, 1.82) is 0 Å². The summed E-state index contributed by atoms with van der Waals surface area (Å²) >= 11 is 0. The van der Waals surface area contributed by atoms with Gasteiger partial charge in [-0.25, -0.2) is 0 Å². The standard InChI is InChI=1S/C75H114O6/c1-4-7-10-13-16-19-22-25-28-30-32-33-34-35-36-37-38-39-40-41-43-44-47-50-53-56-59-62-65-68-74(77)80-71-72(70-79-73(76)67-64-61-58-55-52-49-46-27-24-21-18-15-12-9-6-3)81-75(78)69-66-63-60-57-54-51-48-45-42-31-29-26-23-20-17-14-11-8-5-2/h7-8,10-11,16-21,25-29,32-33,35-36,38-39,41-43,45-47,50-51,54,60,63,72H,4-6,9,12-15,22-24,30-31,34,37,40,44,48-49,52-53,55-59,61-62,64-71H2,1-3H3/b10-7-,11-8-,19-16-,20-17-,21-18-,28-25-,29-26-,33-32-,36-35-,39-38-,43-41-,45-42-,46-27-,50-47-,54-51-,63-60-. The average molecular weight is 1110 g/mol. The molecule has 0 aliphatic rings. The molecule has 0 heterocycles. The van der Waals surface area contributed by atoms with Crippen LogP contribution in [0.3, 0.4) is 0 Å². The molecule has 0 fully saturated rings. The van der Waals surface area contributed by atoms with E-state index in [1.807, 2.05) is 12.2 Å². The van der Waals surface area contributed by atoms with Gasteiger partial charge in [0.25, 0.3) is 0 Å². The van der Waals surface area contributed by atoms with Crippen LogP contribution >= 0.6 is 0 Å². The van der Waals surface area contributed by atoms with E-state index in [9.17, 15) is 14.4 Å². The molecule has 0 aliphatic carbocycles. The van der Waals surface area contributed by atoms with Crippen molar-refractivity contribution in [2.75, 3.05) is 13.2 Å². The van der Waals surface area contributed by atoms with Crippen LogP contribution < -0.4 is 0 Å². The third-order valence-electron chi connectivity index (χ3n) is 12.6. The van der Waals surface area contributed by atoms with E-state index in [2.05, 4.69) is 203 Å². The van der Waals surface area contributed by atoms with Crippen LogP contribution in [0.15, 0.2) is 194 Å². The van der Waals surface area contributed by atoms with Crippen molar-refractivity contribution in [1.82, 2.24) is 0 Å². The van der Waals surface area contributed by atoms with Crippen molar-refractivity contribution in [3.63, 3.8) is 0 Å². The van der Waals surface area contributed by atoms with Crippen LogP contribution in [0.2, 0.25) is 0 Å². The molecule has 81 heavy (non-hydrogen) atoms. The number of hydrogen-bond acceptors (Lipinski definition) is 6. The van der Waals surface area contributed by atoms with E-state index in [-0.39, 0.29) is 31.6 Å². The van der Waals surface area contributed by atoms with E-state index in [1.165, 1.54) is 25.7 Å². The Balaban J connectivity index is 4.55. The predicted molar refractivity (Wildman–Crippen MR) is 352 cm³/mol. The van der Waals surface area contributed by atoms with Gasteiger partial charge in [0, 0.05) is 19.3 Å². The first-order valence-electron chi connectivity index (χ1n) is 31.9. The maximum atomic E-state index is 12.9. The Morgan fingerprint density at radius 2 is 0.506 bits per heavy atom. The number of esters is 3. The molecule has 450 valence electrons. The molecule has 0 amide bonds. The lowest BCUT2D eigenvalue weighted by molar-refractivity contribution is -0.166. The van der Waals surface area contributed by atoms with Crippen LogP contribution in [-0.4, -0.2) is 37.2 Å². The molecule has 0 aromatic rings. The lowest BCUT2D eigenvalue weighted by Gasteiger charge is -2.18. The van der Waals surface area contributed by atoms with E-state index in [0.29, 0.717) is 19.3 Å². The Bertz CT molecular complexity index is 1950. The molecular formula is C75H114O6. The summed E-state index contributed by atoms with van der Waals surface area (Å²) in [7, 11) is 0. The van der Waals surface area contributed by atoms with Crippen LogP contribution in [0.4, 0.5) is 0 Å². The summed E-state index contributed by atoms with van der Waals surface area (Å²) in [5.41, 5.74) is 0. The SMILES string of the molecule is CC/C=C\C/C=C\C/C=C\C/C=C\C/C=C\C/C=C\C/C=C\C/C=C\CCCCCCC(=O)OCC(COC(=O)CCCCCCC/C=C\C/C=C\CCCCC)OC(=O)CC/C=C\C/C=C\C/C=C\C/C=C\C/C=C\C/C=C\CC. The molecule has 0 aromatic heterocycles. The van der Waals surface area contributed by atoms with Crippen LogP contribution in [0.25, 0.3) is 0 Å². The van der Waals surface area contributed by atoms with Gasteiger partial charge in [-0.3, -0.25) is 14.4 Å². The van der Waals surface area contributed by atoms with Gasteiger partial charge in [0.05, 0.1) is 0 Å². The number of hydrogen-bond donors (Lipinski definition) is 0. The number of unbranched alkanes of at least 4 members (excludes halogenated alkanes) is 12. The van der Waals surface area contributed by atoms with Crippen molar-refractivity contribution < 1.29 is 28.6 Å². The second-order valence-electron chi connectivity index (χ2n) is 20.2. The Hall–Kier alpha value is -5.75. The minimum absolute atomic E-state index is 0.134. The van der Waals surface area contributed by atoms with Crippen LogP contribution in [0.5, 0.6) is 0 Å². The number of allylic oxidation sites excluding steroid dienone is 32. The Kier molecular flexibility index (Phi) is 62.0. The second-order valence-corrected chi connectivity index (χ2v) is 20.2. The normalized spacial score (nSPS) is 13.5. The van der Waals surface area contributed by atoms with E-state index in [4.69, 9.17) is 14.2 Å². The molecule has 0 radical (unpaired) electrons. The molecule has 6 nitrogen and oxygen atoms in total. The summed E-state index contributed by atoms with van der Waals surface area (Å²) < 4.78 is 16.8. The van der Waals surface area contributed by atoms with Crippen molar-refractivity contribution >= 4 is 17.9 Å². The molecular weight excluding hydrogens is 997 g/mol. The van der Waals surface area contributed by atoms with Gasteiger partial charge in [0.2, 0.25) is 0 Å². The molecule has 1 atom stereocenters. The van der Waals surface area contributed by atoms with Gasteiger partial charge in [-0.1, -0.05) is 260 Å². The van der Waals surface area contributed by atoms with Gasteiger partial charge in [-0.2, -0.15) is 0 Å². The fraction of sp³-hybridized carbons (Fsp3) is 0.533. The van der Waals surface area contributed by atoms with Gasteiger partial charge < -0.3 is 14.2 Å². The monoisotopic (exact) mass is 1110 g/mol. The summed E-state index contributed by atoms with van der Waals surface area (Å²) in [6.07, 6.45) is 102. The van der Waals surface area contributed by atoms with Crippen LogP contribution in [0, 0.1) is 0 Å². The average Bonchev–Trinajstić information content (AvgIpc) is 3.47. The van der Waals surface area contributed by atoms with Gasteiger partial charge >= 0.3 is 17.9 Å². The molecule has 0 bridgehead atoms. The van der Waals surface area contributed by atoms with E-state index in [0.717, 1.165) is 167 Å². The highest BCUT2D eigenvalue weighted by Crippen LogP contribution is 2.12. The number of carbonyl (C=O) groups excluding carboxylic acids is 3. The zero-order valence-electron chi connectivity index (χ0n) is 51.5. The maximum absolute atomic E-state index is 12.9. The summed E-state index contributed by atoms with van der Waals surface area (Å²) in [5.74, 6) is -1.07. The number of rotatable bonds is 55. The molecule has 0 rings (SSSR count). The highest BCUT2D eigenvalue weighted by Gasteiger charge is 2.19. The largest absolute Gasteiger partial charge is 0.462 e. The molecule has 0 saturated carbocycles. The fourth-order valence-electron chi connectivity index (χ4n) is 7.87. The third-order valence-corrected chi connectivity index (χ3v) is 12.6. The lowest BCUT2D eigenvalue weighted by Crippen LogP contribution is -2.30. The summed E-state index contributed by atoms with van der Waals surface area (Å²) in [6, 6.07) is 0. The summed E-state index contributed by atoms with van der Waals surface area (Å²) in [4.78, 5) is 38.3. The first-order chi connectivity index (χ1) is 40.0. The maximum Gasteiger partial charge on any atom is 0.306 e. The Labute approximate surface area is 497 Å². The summed E-state index contributed by atoms with van der Waals surface area (Å²) in [5, 5.41) is 0. The molecule has 0 N–H and O–H groups in total. The fourth-order valence-corrected chi connectivity index (χ4v) is 7.87. The molecule has 0 spiro atoms. The van der Waals surface area contributed by atoms with Crippen molar-refractivity contribution in [2.45, 2.75) is 245 Å². The van der Waals surface area contributed by atoms with Gasteiger partial charge in [0.15, 0.2) is 6.10 Å². The minimum atomic E-state index is -0.849. The number of carbonyl (C=O) groups is 3. The van der Waals surface area contributed by atoms with Crippen LogP contribution in [0.1, 0.15) is 239 Å². The third kappa shape index (κ3) is 64.9. The predicted octanol–water partition coefficient (Wildman–Crippen LogP) is 22.2. The zero-order chi connectivity index (χ0) is 58.5. The van der Waals surface area contributed by atoms with Gasteiger partial charge in [0.1, 0.15) is 13.2 Å². The van der Waals surface area contributed by atoms with Gasteiger partial charge in [-0.15, -0.1) is 0 Å². The zero-order valence-corrected chi connectivity index (χ0v) is 51.5. The highest BCUT2D eigenvalue weighted by molar-refractivity contribution is 5.71. The van der Waals surface area contributed by atoms with Crippen molar-refractivity contribution in [3.8, 4) is 0 Å². The quantitative estimate of drug-likeness (QED) is 0.0261. The topological polar surface area (TPSA) is 78.9 Å². The Morgan fingerprint density at radius 3 is 0.802 bits per heavy atom. The van der Waals surface area contributed by atoms with Crippen molar-refractivity contribution in [2.24, 2.45) is 0 Å². The molecule has 0 saturated heterocycles. The smallest absolute Gasteiger partial charge is 0.306 e. The second kappa shape index (κ2) is 66.8. The molecule has 1 unspecified atom stereocenters. The van der Waals surface area contributed by atoms with E-state index >= 15 is 0 Å². The molecule has 6 heteroatoms. The first kappa shape index (κ1) is 75.2. The van der Waals surface area contributed by atoms with E-state index < -0.39 is 12.1 Å². The van der Waals surface area contributed by atoms with Gasteiger partial charge in [-0.05, 0) is 154 Å². The van der Waals surface area contributed by atoms with Crippen LogP contribution in [-0.2, 0) is 28.6 Å². The number of ether oxygens (including phenoxy) is 3. The highest BCUT2D eigenvalue weighted by atomic mass is 16.6.